The van der Waals surface area contributed by atoms with Crippen LogP contribution in [0.25, 0.3) is 0 Å². The van der Waals surface area contributed by atoms with E-state index >= 15 is 0 Å². The normalized spacial score (nSPS) is 18.2. The van der Waals surface area contributed by atoms with Crippen LogP contribution < -0.4 is 5.32 Å². The van der Waals surface area contributed by atoms with E-state index < -0.39 is 0 Å². The second-order valence-electron chi connectivity index (χ2n) is 6.95. The van der Waals surface area contributed by atoms with Gasteiger partial charge in [-0.1, -0.05) is 43.3 Å². The highest BCUT2D eigenvalue weighted by atomic mass is 127. The second kappa shape index (κ2) is 11.7. The van der Waals surface area contributed by atoms with Gasteiger partial charge < -0.3 is 15.0 Å². The first kappa shape index (κ1) is 22.2. The Kier molecular flexibility index (Phi) is 9.58. The minimum Gasteiger partial charge on any atom is -0.376 e. The first-order chi connectivity index (χ1) is 12.8. The van der Waals surface area contributed by atoms with E-state index in [0.717, 1.165) is 38.6 Å². The summed E-state index contributed by atoms with van der Waals surface area (Å²) in [5.41, 5.74) is 1.24. The third-order valence-corrected chi connectivity index (χ3v) is 5.96. The first-order valence-electron chi connectivity index (χ1n) is 9.37. The van der Waals surface area contributed by atoms with Gasteiger partial charge in [0.05, 0.1) is 13.2 Å². The van der Waals surface area contributed by atoms with Crippen LogP contribution in [0.3, 0.4) is 0 Å². The van der Waals surface area contributed by atoms with Crippen LogP contribution in [0.2, 0.25) is 0 Å². The second-order valence-corrected chi connectivity index (χ2v) is 7.93. The standard InChI is InChI=1S/C21H29N3OS.HI/c1-17(20-9-6-12-26-20)13-23-21(22-2)24-11-10-19(14-24)16-25-15-18-7-4-3-5-8-18;/h3-9,12,17,19H,10-11,13-16H2,1-2H3,(H,22,23);1H. The van der Waals surface area contributed by atoms with Crippen LogP contribution in [0.5, 0.6) is 0 Å². The van der Waals surface area contributed by atoms with Crippen molar-refractivity contribution < 1.29 is 4.74 Å². The molecule has 1 fully saturated rings. The molecule has 0 radical (unpaired) electrons. The molecule has 6 heteroatoms. The Morgan fingerprint density at radius 3 is 2.81 bits per heavy atom. The Labute approximate surface area is 184 Å². The third-order valence-electron chi connectivity index (χ3n) is 4.86. The molecular formula is C21H30IN3OS. The molecule has 1 aromatic carbocycles. The number of nitrogens with one attached hydrogen (secondary N) is 1. The molecular weight excluding hydrogens is 469 g/mol. The van der Waals surface area contributed by atoms with E-state index in [1.54, 1.807) is 0 Å². The molecule has 0 saturated carbocycles. The fourth-order valence-corrected chi connectivity index (χ4v) is 4.11. The molecule has 1 aromatic heterocycles. The van der Waals surface area contributed by atoms with E-state index in [2.05, 4.69) is 63.9 Å². The summed E-state index contributed by atoms with van der Waals surface area (Å²) < 4.78 is 5.93. The molecule has 1 aliphatic heterocycles. The fourth-order valence-electron chi connectivity index (χ4n) is 3.33. The molecule has 27 heavy (non-hydrogen) atoms. The van der Waals surface area contributed by atoms with Gasteiger partial charge >= 0.3 is 0 Å². The van der Waals surface area contributed by atoms with Gasteiger partial charge in [0.25, 0.3) is 0 Å². The summed E-state index contributed by atoms with van der Waals surface area (Å²) >= 11 is 1.82. The average Bonchev–Trinajstić information content (AvgIpc) is 3.35. The number of hydrogen-bond acceptors (Lipinski definition) is 3. The number of halogens is 1. The largest absolute Gasteiger partial charge is 0.376 e. The Morgan fingerprint density at radius 2 is 2.11 bits per heavy atom. The summed E-state index contributed by atoms with van der Waals surface area (Å²) in [6, 6.07) is 14.7. The summed E-state index contributed by atoms with van der Waals surface area (Å²) in [6.45, 7) is 6.75. The zero-order valence-corrected chi connectivity index (χ0v) is 19.3. The van der Waals surface area contributed by atoms with E-state index in [1.807, 2.05) is 24.5 Å². The third kappa shape index (κ3) is 6.76. The summed E-state index contributed by atoms with van der Waals surface area (Å²) in [6.07, 6.45) is 1.16. The van der Waals surface area contributed by atoms with Gasteiger partial charge in [0.1, 0.15) is 0 Å². The molecule has 1 aliphatic rings. The molecule has 0 amide bonds. The highest BCUT2D eigenvalue weighted by Crippen LogP contribution is 2.21. The summed E-state index contributed by atoms with van der Waals surface area (Å²) in [5.74, 6) is 2.09. The van der Waals surface area contributed by atoms with Crippen LogP contribution in [-0.4, -0.2) is 44.1 Å². The van der Waals surface area contributed by atoms with Crippen molar-refractivity contribution in [1.29, 1.82) is 0 Å². The van der Waals surface area contributed by atoms with Crippen molar-refractivity contribution in [2.75, 3.05) is 33.3 Å². The maximum absolute atomic E-state index is 5.93. The minimum atomic E-state index is 0. The van der Waals surface area contributed by atoms with Crippen molar-refractivity contribution in [2.45, 2.75) is 25.9 Å². The molecule has 1 saturated heterocycles. The van der Waals surface area contributed by atoms with Gasteiger partial charge in [0.15, 0.2) is 5.96 Å². The Balaban J connectivity index is 0.00000261. The lowest BCUT2D eigenvalue weighted by Gasteiger charge is -2.23. The average molecular weight is 499 g/mol. The van der Waals surface area contributed by atoms with Crippen molar-refractivity contribution in [1.82, 2.24) is 10.2 Å². The van der Waals surface area contributed by atoms with Gasteiger partial charge in [-0.3, -0.25) is 4.99 Å². The van der Waals surface area contributed by atoms with E-state index in [9.17, 15) is 0 Å². The van der Waals surface area contributed by atoms with Crippen LogP contribution in [-0.2, 0) is 11.3 Å². The highest BCUT2D eigenvalue weighted by Gasteiger charge is 2.25. The summed E-state index contributed by atoms with van der Waals surface area (Å²) in [7, 11) is 1.87. The molecule has 0 spiro atoms. The highest BCUT2D eigenvalue weighted by molar-refractivity contribution is 14.0. The molecule has 4 nitrogen and oxygen atoms in total. The molecule has 2 atom stereocenters. The lowest BCUT2D eigenvalue weighted by molar-refractivity contribution is 0.0906. The maximum atomic E-state index is 5.93. The molecule has 2 aromatic rings. The molecule has 0 aliphatic carbocycles. The number of hydrogen-bond donors (Lipinski definition) is 1. The number of aliphatic imine (C=N–C) groups is 1. The minimum absolute atomic E-state index is 0. The number of rotatable bonds is 7. The maximum Gasteiger partial charge on any atom is 0.193 e. The van der Waals surface area contributed by atoms with Gasteiger partial charge in [-0.15, -0.1) is 35.3 Å². The zero-order valence-electron chi connectivity index (χ0n) is 16.1. The van der Waals surface area contributed by atoms with E-state index in [4.69, 9.17) is 4.74 Å². The number of ether oxygens (including phenoxy) is 1. The van der Waals surface area contributed by atoms with Crippen molar-refractivity contribution in [3.63, 3.8) is 0 Å². The summed E-state index contributed by atoms with van der Waals surface area (Å²) in [5, 5.41) is 5.68. The number of nitrogens with zero attached hydrogens (tertiary/aromatic N) is 2. The van der Waals surface area contributed by atoms with Crippen LogP contribution in [0, 0.1) is 5.92 Å². The molecule has 2 heterocycles. The number of likely N-dealkylation sites (tertiary alicyclic amines) is 1. The van der Waals surface area contributed by atoms with Crippen molar-refractivity contribution in [3.8, 4) is 0 Å². The Morgan fingerprint density at radius 1 is 1.30 bits per heavy atom. The van der Waals surface area contributed by atoms with Crippen LogP contribution in [0.15, 0.2) is 52.8 Å². The molecule has 2 unspecified atom stereocenters. The van der Waals surface area contributed by atoms with Crippen LogP contribution >= 0.6 is 35.3 Å². The van der Waals surface area contributed by atoms with Gasteiger partial charge in [0.2, 0.25) is 0 Å². The number of benzene rings is 1. The van der Waals surface area contributed by atoms with Gasteiger partial charge in [0, 0.05) is 43.4 Å². The molecule has 148 valence electrons. The predicted octanol–water partition coefficient (Wildman–Crippen LogP) is 4.58. The quantitative estimate of drug-likeness (QED) is 0.344. The molecule has 1 N–H and O–H groups in total. The van der Waals surface area contributed by atoms with Gasteiger partial charge in [-0.05, 0) is 23.4 Å². The zero-order chi connectivity index (χ0) is 18.2. The smallest absolute Gasteiger partial charge is 0.193 e. The molecule has 3 rings (SSSR count). The van der Waals surface area contributed by atoms with E-state index in [0.29, 0.717) is 18.4 Å². The predicted molar refractivity (Wildman–Crippen MR) is 125 cm³/mol. The number of guanidine groups is 1. The monoisotopic (exact) mass is 499 g/mol. The van der Waals surface area contributed by atoms with E-state index in [-0.39, 0.29) is 24.0 Å². The van der Waals surface area contributed by atoms with Crippen LogP contribution in [0.4, 0.5) is 0 Å². The van der Waals surface area contributed by atoms with Gasteiger partial charge in [-0.25, -0.2) is 0 Å². The van der Waals surface area contributed by atoms with E-state index in [1.165, 1.54) is 10.4 Å². The lowest BCUT2D eigenvalue weighted by atomic mass is 10.1. The topological polar surface area (TPSA) is 36.9 Å². The van der Waals surface area contributed by atoms with Gasteiger partial charge in [-0.2, -0.15) is 0 Å². The lowest BCUT2D eigenvalue weighted by Crippen LogP contribution is -2.41. The number of thiophene rings is 1. The van der Waals surface area contributed by atoms with Crippen molar-refractivity contribution in [3.05, 3.63) is 58.3 Å². The fraction of sp³-hybridized carbons (Fsp3) is 0.476. The SMILES string of the molecule is CN=C(NCC(C)c1cccs1)N1CCC(COCc2ccccc2)C1.I. The first-order valence-corrected chi connectivity index (χ1v) is 10.2. The van der Waals surface area contributed by atoms with Crippen LogP contribution in [0.1, 0.15) is 29.7 Å². The van der Waals surface area contributed by atoms with Crippen molar-refractivity contribution >= 4 is 41.3 Å². The molecule has 0 bridgehead atoms. The van der Waals surface area contributed by atoms with Crippen molar-refractivity contribution in [2.24, 2.45) is 10.9 Å². The Bertz CT molecular complexity index is 678. The summed E-state index contributed by atoms with van der Waals surface area (Å²) in [4.78, 5) is 8.26. The Hall–Kier alpha value is -1.12.